The van der Waals surface area contributed by atoms with Crippen molar-refractivity contribution in [2.45, 2.75) is 31.4 Å². The lowest BCUT2D eigenvalue weighted by molar-refractivity contribution is -0.125. The maximum absolute atomic E-state index is 12.7. The Balaban J connectivity index is 1.73. The molecule has 3 N–H and O–H groups in total. The van der Waals surface area contributed by atoms with Crippen LogP contribution in [0.4, 0.5) is 30.2 Å². The fraction of sp³-hybridized carbons (Fsp3) is 0.455. The van der Waals surface area contributed by atoms with Gasteiger partial charge in [-0.2, -0.15) is 0 Å². The summed E-state index contributed by atoms with van der Waals surface area (Å²) in [4.78, 5) is 2.27. The zero-order valence-corrected chi connectivity index (χ0v) is 18.3. The molecule has 2 aliphatic rings. The lowest BCUT2D eigenvalue weighted by atomic mass is 9.93. The molecule has 2 aromatic rings. The molecule has 0 bridgehead atoms. The second-order valence-electron chi connectivity index (χ2n) is 7.99. The van der Waals surface area contributed by atoms with Gasteiger partial charge in [-0.15, -0.1) is 18.3 Å². The van der Waals surface area contributed by atoms with Gasteiger partial charge in [-0.05, 0) is 31.2 Å². The third-order valence-corrected chi connectivity index (χ3v) is 5.73. The summed E-state index contributed by atoms with van der Waals surface area (Å²) in [5.74, 6) is 1.29. The third kappa shape index (κ3) is 5.31. The summed E-state index contributed by atoms with van der Waals surface area (Å²) in [6.45, 7) is 4.38. The van der Waals surface area contributed by atoms with E-state index in [1.165, 1.54) is 6.07 Å². The average molecular weight is 465 g/mol. The molecule has 11 heteroatoms. The van der Waals surface area contributed by atoms with E-state index in [1.807, 2.05) is 19.1 Å². The molecule has 33 heavy (non-hydrogen) atoms. The maximum Gasteiger partial charge on any atom is 0.521 e. The minimum atomic E-state index is -4.80. The quantitative estimate of drug-likeness (QED) is 0.383. The maximum atomic E-state index is 12.7. The van der Waals surface area contributed by atoms with Gasteiger partial charge in [0.05, 0.1) is 43.3 Å². The first-order valence-corrected chi connectivity index (χ1v) is 10.6. The summed E-state index contributed by atoms with van der Waals surface area (Å²) in [5, 5.41) is 9.25. The smallest absolute Gasteiger partial charge is 0.497 e. The van der Waals surface area contributed by atoms with E-state index in [0.29, 0.717) is 43.5 Å². The van der Waals surface area contributed by atoms with Crippen molar-refractivity contribution in [3.05, 3.63) is 42.0 Å². The molecule has 0 aliphatic carbocycles. The number of alkyl halides is 3. The number of azo groups is 1. The molecular formula is C22H26F3N5O3. The van der Waals surface area contributed by atoms with E-state index in [2.05, 4.69) is 20.4 Å². The number of rotatable bonds is 5. The van der Waals surface area contributed by atoms with Gasteiger partial charge in [0.25, 0.3) is 0 Å². The van der Waals surface area contributed by atoms with Crippen molar-refractivity contribution < 1.29 is 27.4 Å². The second-order valence-corrected chi connectivity index (χ2v) is 7.99. The van der Waals surface area contributed by atoms with Gasteiger partial charge in [0.1, 0.15) is 23.8 Å². The highest BCUT2D eigenvalue weighted by Gasteiger charge is 2.37. The Morgan fingerprint density at radius 2 is 2.06 bits per heavy atom. The summed E-state index contributed by atoms with van der Waals surface area (Å²) in [5.41, 5.74) is 7.18. The number of hydrogen-bond donors (Lipinski definition) is 2. The van der Waals surface area contributed by atoms with Crippen LogP contribution < -0.4 is 20.5 Å². The number of nitrogens with two attached hydrogens (primary N) is 1. The van der Waals surface area contributed by atoms with E-state index in [1.54, 1.807) is 25.3 Å². The number of anilines is 2. The Morgan fingerprint density at radius 1 is 1.24 bits per heavy atom. The molecule has 0 aromatic heterocycles. The normalized spacial score (nSPS) is 23.7. The van der Waals surface area contributed by atoms with E-state index in [9.17, 15) is 13.2 Å². The summed E-state index contributed by atoms with van der Waals surface area (Å²) in [7, 11) is 1.57. The van der Waals surface area contributed by atoms with Crippen molar-refractivity contribution in [1.29, 1.82) is 0 Å². The minimum absolute atomic E-state index is 0.0557. The molecule has 3 atom stereocenters. The molecule has 1 saturated heterocycles. The van der Waals surface area contributed by atoms with Crippen molar-refractivity contribution in [2.24, 2.45) is 10.2 Å². The van der Waals surface area contributed by atoms with Crippen molar-refractivity contribution in [1.82, 2.24) is 4.90 Å². The van der Waals surface area contributed by atoms with E-state index < -0.39 is 6.30 Å². The van der Waals surface area contributed by atoms with E-state index in [4.69, 9.17) is 19.9 Å². The van der Waals surface area contributed by atoms with Crippen LogP contribution in [0.2, 0.25) is 0 Å². The molecule has 0 amide bonds. The fourth-order valence-corrected chi connectivity index (χ4v) is 4.20. The number of nitrogen functional groups attached to an aromatic ring is 1. The van der Waals surface area contributed by atoms with E-state index >= 15 is 0 Å². The van der Waals surface area contributed by atoms with Crippen molar-refractivity contribution in [3.8, 4) is 11.5 Å². The minimum Gasteiger partial charge on any atom is -0.497 e. The Hall–Kier alpha value is -3.05. The molecule has 178 valence electrons. The molecular weight excluding hydrogens is 439 g/mol. The molecule has 2 heterocycles. The van der Waals surface area contributed by atoms with Gasteiger partial charge in [0.15, 0.2) is 0 Å². The number of morpholine rings is 1. The summed E-state index contributed by atoms with van der Waals surface area (Å²) in [6, 6.07) is 9.88. The van der Waals surface area contributed by atoms with Crippen molar-refractivity contribution in [2.75, 3.05) is 44.5 Å². The third-order valence-electron chi connectivity index (χ3n) is 5.73. The number of nitrogens with zero attached hydrogens (tertiary/aromatic N) is 3. The Labute approximate surface area is 189 Å². The summed E-state index contributed by atoms with van der Waals surface area (Å²) >= 11 is 0. The molecule has 0 saturated carbocycles. The Bertz CT molecular complexity index is 1020. The van der Waals surface area contributed by atoms with Gasteiger partial charge >= 0.3 is 6.30 Å². The summed E-state index contributed by atoms with van der Waals surface area (Å²) < 4.78 is 55.2. The van der Waals surface area contributed by atoms with E-state index in [0.717, 1.165) is 5.56 Å². The highest BCUT2D eigenvalue weighted by atomic mass is 19.4. The van der Waals surface area contributed by atoms with Crippen LogP contribution in [0.1, 0.15) is 18.5 Å². The molecule has 4 rings (SSSR count). The standard InChI is InChI=1S/C22H26F3N5O3/c1-13-11-30(8-9-32-13)18-12-33-19-10-14(31-2)6-7-15(19)20(18)27-17-5-3-4-16(26)21(17)28-29-22(23,24)25/h3-7,10,13,18,20,27H,8-9,11-12,26H2,1-2H3. The van der Waals surface area contributed by atoms with Crippen LogP contribution in [-0.4, -0.2) is 56.8 Å². The van der Waals surface area contributed by atoms with Crippen LogP contribution in [0.3, 0.4) is 0 Å². The number of hydrogen-bond acceptors (Lipinski definition) is 8. The number of fused-ring (bicyclic) bond motifs is 1. The molecule has 8 nitrogen and oxygen atoms in total. The van der Waals surface area contributed by atoms with Gasteiger partial charge in [0, 0.05) is 24.7 Å². The molecule has 1 fully saturated rings. The largest absolute Gasteiger partial charge is 0.521 e. The number of methoxy groups -OCH3 is 1. The van der Waals surface area contributed by atoms with Crippen molar-refractivity contribution >= 4 is 17.1 Å². The van der Waals surface area contributed by atoms with Gasteiger partial charge < -0.3 is 25.3 Å². The fourth-order valence-electron chi connectivity index (χ4n) is 4.20. The van der Waals surface area contributed by atoms with E-state index in [-0.39, 0.29) is 29.6 Å². The predicted molar refractivity (Wildman–Crippen MR) is 117 cm³/mol. The van der Waals surface area contributed by atoms with Crippen LogP contribution >= 0.6 is 0 Å². The Kier molecular flexibility index (Phi) is 6.61. The highest BCUT2D eigenvalue weighted by molar-refractivity contribution is 5.78. The number of nitrogens with one attached hydrogen (secondary N) is 1. The molecule has 3 unspecified atom stereocenters. The van der Waals surface area contributed by atoms with Crippen molar-refractivity contribution in [3.63, 3.8) is 0 Å². The Morgan fingerprint density at radius 3 is 2.79 bits per heavy atom. The molecule has 0 radical (unpaired) electrons. The summed E-state index contributed by atoms with van der Waals surface area (Å²) in [6.07, 6.45) is -4.74. The lowest BCUT2D eigenvalue weighted by Crippen LogP contribution is -2.54. The molecule has 2 aromatic carbocycles. The SMILES string of the molecule is COc1ccc2c(c1)OCC(N1CCOC(C)C1)C2Nc1cccc(N)c1N=NC(F)(F)F. The monoisotopic (exact) mass is 465 g/mol. The molecule has 0 spiro atoms. The predicted octanol–water partition coefficient (Wildman–Crippen LogP) is 4.52. The number of halogens is 3. The van der Waals surface area contributed by atoms with Gasteiger partial charge in [-0.25, -0.2) is 0 Å². The van der Waals surface area contributed by atoms with Crippen LogP contribution in [0, 0.1) is 0 Å². The number of ether oxygens (including phenoxy) is 3. The zero-order chi connectivity index (χ0) is 23.6. The average Bonchev–Trinajstić information content (AvgIpc) is 2.77. The topological polar surface area (TPSA) is 93.7 Å². The van der Waals surface area contributed by atoms with Crippen LogP contribution in [-0.2, 0) is 4.74 Å². The van der Waals surface area contributed by atoms with Crippen LogP contribution in [0.15, 0.2) is 46.6 Å². The molecule has 2 aliphatic heterocycles. The second kappa shape index (κ2) is 9.44. The van der Waals surface area contributed by atoms with Gasteiger partial charge in [-0.1, -0.05) is 11.2 Å². The van der Waals surface area contributed by atoms with Gasteiger partial charge in [0.2, 0.25) is 0 Å². The van der Waals surface area contributed by atoms with Gasteiger partial charge in [-0.3, -0.25) is 4.90 Å². The first kappa shape index (κ1) is 23.1. The number of benzene rings is 2. The van der Waals surface area contributed by atoms with Crippen LogP contribution in [0.5, 0.6) is 11.5 Å². The first-order chi connectivity index (χ1) is 15.7. The zero-order valence-electron chi connectivity index (χ0n) is 18.3. The highest BCUT2D eigenvalue weighted by Crippen LogP contribution is 2.42. The van der Waals surface area contributed by atoms with Crippen LogP contribution in [0.25, 0.3) is 0 Å². The first-order valence-electron chi connectivity index (χ1n) is 10.6. The lowest BCUT2D eigenvalue weighted by Gasteiger charge is -2.44.